The molecule has 114 valence electrons. The smallest absolute Gasteiger partial charge is 0.339 e. The Balaban J connectivity index is 1.82. The predicted octanol–water partition coefficient (Wildman–Crippen LogP) is 5.13. The lowest BCUT2D eigenvalue weighted by atomic mass is 9.70. The summed E-state index contributed by atoms with van der Waals surface area (Å²) in [5.74, 6) is 0.487. The third-order valence-electron chi connectivity index (χ3n) is 6.37. The van der Waals surface area contributed by atoms with E-state index < -0.39 is 0 Å². The molecular formula is C18H23BrO2. The maximum Gasteiger partial charge on any atom is 0.339 e. The lowest BCUT2D eigenvalue weighted by Gasteiger charge is -2.38. The molecule has 1 aromatic carbocycles. The molecule has 2 saturated carbocycles. The van der Waals surface area contributed by atoms with Crippen LogP contribution >= 0.6 is 15.9 Å². The minimum atomic E-state index is -0.194. The number of benzene rings is 1. The van der Waals surface area contributed by atoms with Crippen molar-refractivity contribution in [2.75, 3.05) is 0 Å². The molecule has 2 fully saturated rings. The van der Waals surface area contributed by atoms with E-state index in [1.54, 1.807) is 0 Å². The number of fused-ring (bicyclic) bond motifs is 2. The second kappa shape index (κ2) is 4.84. The summed E-state index contributed by atoms with van der Waals surface area (Å²) < 4.78 is 6.79. The van der Waals surface area contributed by atoms with Crippen LogP contribution in [0.15, 0.2) is 22.7 Å². The van der Waals surface area contributed by atoms with E-state index in [2.05, 4.69) is 36.7 Å². The summed E-state index contributed by atoms with van der Waals surface area (Å²) >= 11 is 3.51. The van der Waals surface area contributed by atoms with E-state index in [4.69, 9.17) is 4.74 Å². The van der Waals surface area contributed by atoms with Gasteiger partial charge in [0.15, 0.2) is 0 Å². The second-order valence-corrected chi connectivity index (χ2v) is 8.23. The van der Waals surface area contributed by atoms with E-state index in [9.17, 15) is 4.79 Å². The van der Waals surface area contributed by atoms with Crippen molar-refractivity contribution in [3.63, 3.8) is 0 Å². The van der Waals surface area contributed by atoms with Crippen molar-refractivity contribution in [1.82, 2.24) is 0 Å². The van der Waals surface area contributed by atoms with E-state index in [1.165, 1.54) is 6.42 Å². The summed E-state index contributed by atoms with van der Waals surface area (Å²) in [6, 6.07) is 5.73. The maximum absolute atomic E-state index is 12.6. The van der Waals surface area contributed by atoms with E-state index in [-0.39, 0.29) is 22.9 Å². The van der Waals surface area contributed by atoms with Gasteiger partial charge in [-0.2, -0.15) is 0 Å². The lowest BCUT2D eigenvalue weighted by Crippen LogP contribution is -2.38. The molecule has 2 aliphatic carbocycles. The quantitative estimate of drug-likeness (QED) is 0.691. The van der Waals surface area contributed by atoms with Crippen molar-refractivity contribution in [3.05, 3.63) is 33.8 Å². The summed E-state index contributed by atoms with van der Waals surface area (Å²) in [6.07, 6.45) is 3.49. The first-order valence-electron chi connectivity index (χ1n) is 7.73. The van der Waals surface area contributed by atoms with E-state index >= 15 is 0 Å². The van der Waals surface area contributed by atoms with Gasteiger partial charge in [-0.15, -0.1) is 0 Å². The number of carbonyl (C=O) groups is 1. The molecule has 2 nitrogen and oxygen atoms in total. The molecular weight excluding hydrogens is 328 g/mol. The van der Waals surface area contributed by atoms with Gasteiger partial charge < -0.3 is 4.74 Å². The second-order valence-electron chi connectivity index (χ2n) is 7.44. The average molecular weight is 351 g/mol. The van der Waals surface area contributed by atoms with Crippen LogP contribution in [0, 0.1) is 23.7 Å². The highest BCUT2D eigenvalue weighted by molar-refractivity contribution is 9.10. The van der Waals surface area contributed by atoms with Gasteiger partial charge in [0.25, 0.3) is 0 Å². The standard InChI is InChI=1S/C18H23BrO2/c1-11-6-5-7-13(15(11)19)16(20)21-14-10-12-8-9-18(14,4)17(12,2)3/h5-7,12,14H,8-10H2,1-4H3/t12-,14-,18+/m1/s1. The molecule has 3 rings (SSSR count). The van der Waals surface area contributed by atoms with Crippen molar-refractivity contribution in [2.45, 2.75) is 53.1 Å². The molecule has 0 aromatic heterocycles. The molecule has 0 saturated heterocycles. The van der Waals surface area contributed by atoms with Crippen LogP contribution in [0.2, 0.25) is 0 Å². The van der Waals surface area contributed by atoms with Crippen LogP contribution in [0.1, 0.15) is 56.0 Å². The Labute approximate surface area is 135 Å². The Hall–Kier alpha value is -0.830. The SMILES string of the molecule is Cc1cccc(C(=O)O[C@@H]2C[C@H]3CC[C@]2(C)C3(C)C)c1Br. The summed E-state index contributed by atoms with van der Waals surface area (Å²) in [5.41, 5.74) is 2.08. The van der Waals surface area contributed by atoms with Crippen molar-refractivity contribution in [3.8, 4) is 0 Å². The maximum atomic E-state index is 12.6. The highest BCUT2D eigenvalue weighted by Crippen LogP contribution is 2.66. The zero-order valence-electron chi connectivity index (χ0n) is 13.2. The van der Waals surface area contributed by atoms with Gasteiger partial charge in [-0.25, -0.2) is 4.79 Å². The molecule has 3 atom stereocenters. The van der Waals surface area contributed by atoms with Crippen LogP contribution in [0.4, 0.5) is 0 Å². The third-order valence-corrected chi connectivity index (χ3v) is 7.43. The number of rotatable bonds is 2. The molecule has 2 bridgehead atoms. The van der Waals surface area contributed by atoms with E-state index in [0.29, 0.717) is 11.5 Å². The summed E-state index contributed by atoms with van der Waals surface area (Å²) in [7, 11) is 0. The number of hydrogen-bond acceptors (Lipinski definition) is 2. The molecule has 0 amide bonds. The van der Waals surface area contributed by atoms with Gasteiger partial charge in [-0.1, -0.05) is 32.9 Å². The van der Waals surface area contributed by atoms with Crippen molar-refractivity contribution in [1.29, 1.82) is 0 Å². The number of hydrogen-bond donors (Lipinski definition) is 0. The Morgan fingerprint density at radius 3 is 2.62 bits per heavy atom. The Morgan fingerprint density at radius 2 is 2.05 bits per heavy atom. The highest BCUT2D eigenvalue weighted by atomic mass is 79.9. The molecule has 0 N–H and O–H groups in total. The molecule has 0 heterocycles. The molecule has 0 spiro atoms. The molecule has 21 heavy (non-hydrogen) atoms. The fourth-order valence-electron chi connectivity index (χ4n) is 4.31. The van der Waals surface area contributed by atoms with Gasteiger partial charge in [-0.05, 0) is 65.1 Å². The molecule has 3 heteroatoms. The zero-order chi connectivity index (χ0) is 15.4. The number of esters is 1. The van der Waals surface area contributed by atoms with E-state index in [1.807, 2.05) is 25.1 Å². The number of ether oxygens (including phenoxy) is 1. The fourth-order valence-corrected chi connectivity index (χ4v) is 4.73. The normalized spacial score (nSPS) is 33.2. The monoisotopic (exact) mass is 350 g/mol. The predicted molar refractivity (Wildman–Crippen MR) is 87.3 cm³/mol. The number of carbonyl (C=O) groups excluding carboxylic acids is 1. The molecule has 1 aromatic rings. The van der Waals surface area contributed by atoms with Gasteiger partial charge in [0.2, 0.25) is 0 Å². The molecule has 0 aliphatic heterocycles. The highest BCUT2D eigenvalue weighted by Gasteiger charge is 2.62. The van der Waals surface area contributed by atoms with Crippen LogP contribution in [0.3, 0.4) is 0 Å². The van der Waals surface area contributed by atoms with Gasteiger partial charge in [0.1, 0.15) is 6.10 Å². The largest absolute Gasteiger partial charge is 0.458 e. The Morgan fingerprint density at radius 1 is 1.33 bits per heavy atom. The molecule has 0 unspecified atom stereocenters. The van der Waals surface area contributed by atoms with Crippen LogP contribution in [-0.2, 0) is 4.74 Å². The molecule has 2 aliphatic rings. The van der Waals surface area contributed by atoms with Crippen LogP contribution in [-0.4, -0.2) is 12.1 Å². The zero-order valence-corrected chi connectivity index (χ0v) is 14.8. The Kier molecular flexibility index (Phi) is 3.47. The third kappa shape index (κ3) is 2.08. The van der Waals surface area contributed by atoms with Gasteiger partial charge >= 0.3 is 5.97 Å². The first-order valence-corrected chi connectivity index (χ1v) is 8.53. The van der Waals surface area contributed by atoms with Gasteiger partial charge in [-0.3, -0.25) is 0 Å². The topological polar surface area (TPSA) is 26.3 Å². The van der Waals surface area contributed by atoms with E-state index in [0.717, 1.165) is 22.9 Å². The van der Waals surface area contributed by atoms with Crippen molar-refractivity contribution >= 4 is 21.9 Å². The first-order chi connectivity index (χ1) is 9.77. The molecule has 0 radical (unpaired) electrons. The van der Waals surface area contributed by atoms with Crippen molar-refractivity contribution < 1.29 is 9.53 Å². The van der Waals surface area contributed by atoms with Gasteiger partial charge in [0.05, 0.1) is 5.56 Å². The Bertz CT molecular complexity index is 593. The van der Waals surface area contributed by atoms with Crippen LogP contribution in [0.5, 0.6) is 0 Å². The minimum Gasteiger partial charge on any atom is -0.458 e. The van der Waals surface area contributed by atoms with Crippen LogP contribution in [0.25, 0.3) is 0 Å². The number of halogens is 1. The fraction of sp³-hybridized carbons (Fsp3) is 0.611. The minimum absolute atomic E-state index is 0.0474. The summed E-state index contributed by atoms with van der Waals surface area (Å²) in [4.78, 5) is 12.6. The summed E-state index contributed by atoms with van der Waals surface area (Å²) in [5, 5.41) is 0. The lowest BCUT2D eigenvalue weighted by molar-refractivity contribution is -0.0243. The number of aryl methyl sites for hydroxylation is 1. The van der Waals surface area contributed by atoms with Crippen molar-refractivity contribution in [2.24, 2.45) is 16.7 Å². The van der Waals surface area contributed by atoms with Crippen LogP contribution < -0.4 is 0 Å². The van der Waals surface area contributed by atoms with Gasteiger partial charge in [0, 0.05) is 9.89 Å². The summed E-state index contributed by atoms with van der Waals surface area (Å²) in [6.45, 7) is 8.95. The average Bonchev–Trinajstić information content (AvgIpc) is 2.75. The first kappa shape index (κ1) is 15.1.